The lowest BCUT2D eigenvalue weighted by molar-refractivity contribution is -0.112. The number of ketones is 1. The minimum absolute atomic E-state index is 0.0588. The number of nitrogens with zero attached hydrogens (tertiary/aromatic N) is 1. The van der Waals surface area contributed by atoms with Crippen molar-refractivity contribution in [2.75, 3.05) is 17.7 Å². The van der Waals surface area contributed by atoms with Gasteiger partial charge in [-0.05, 0) is 43.3 Å². The predicted octanol–water partition coefficient (Wildman–Crippen LogP) is 3.36. The van der Waals surface area contributed by atoms with Crippen molar-refractivity contribution in [3.63, 3.8) is 0 Å². The first-order valence-corrected chi connectivity index (χ1v) is 7.47. The normalized spacial score (nSPS) is 10.5. The molecule has 2 aromatic rings. The van der Waals surface area contributed by atoms with Crippen LogP contribution in [0.4, 0.5) is 11.4 Å². The Hall–Kier alpha value is -3.59. The largest absolute Gasteiger partial charge is 0.495 e. The van der Waals surface area contributed by atoms with E-state index in [1.165, 1.54) is 20.2 Å². The van der Waals surface area contributed by atoms with Crippen molar-refractivity contribution in [2.24, 2.45) is 0 Å². The molecule has 0 aliphatic carbocycles. The molecule has 25 heavy (non-hydrogen) atoms. The highest BCUT2D eigenvalue weighted by Crippen LogP contribution is 2.23. The van der Waals surface area contributed by atoms with Gasteiger partial charge < -0.3 is 15.4 Å². The van der Waals surface area contributed by atoms with Gasteiger partial charge in [0.1, 0.15) is 17.4 Å². The molecule has 0 radical (unpaired) electrons. The Bertz CT molecular complexity index is 849. The lowest BCUT2D eigenvalue weighted by Crippen LogP contribution is -2.14. The molecule has 0 heterocycles. The van der Waals surface area contributed by atoms with E-state index in [2.05, 4.69) is 10.6 Å². The summed E-state index contributed by atoms with van der Waals surface area (Å²) in [6.45, 7) is 1.47. The summed E-state index contributed by atoms with van der Waals surface area (Å²) in [6.07, 6.45) is 1.32. The number of nitrogens with one attached hydrogen (secondary N) is 2. The molecule has 0 atom stereocenters. The van der Waals surface area contributed by atoms with Gasteiger partial charge in [-0.2, -0.15) is 5.26 Å². The molecule has 0 aromatic heterocycles. The van der Waals surface area contributed by atoms with Crippen LogP contribution in [0.5, 0.6) is 5.75 Å². The number of benzene rings is 2. The molecule has 0 unspecified atom stereocenters. The molecule has 0 saturated heterocycles. The van der Waals surface area contributed by atoms with E-state index >= 15 is 0 Å². The summed E-state index contributed by atoms with van der Waals surface area (Å²) < 4.78 is 5.20. The van der Waals surface area contributed by atoms with E-state index in [9.17, 15) is 14.9 Å². The smallest absolute Gasteiger partial charge is 0.267 e. The van der Waals surface area contributed by atoms with Crippen LogP contribution in [0.15, 0.2) is 60.3 Å². The predicted molar refractivity (Wildman–Crippen MR) is 95.4 cm³/mol. The molecule has 2 rings (SSSR count). The maximum absolute atomic E-state index is 12.2. The van der Waals surface area contributed by atoms with Crippen molar-refractivity contribution in [3.05, 3.63) is 65.9 Å². The van der Waals surface area contributed by atoms with Crippen molar-refractivity contribution < 1.29 is 14.3 Å². The molecular formula is C19H17N3O3. The van der Waals surface area contributed by atoms with Crippen LogP contribution in [0.2, 0.25) is 0 Å². The fourth-order valence-corrected chi connectivity index (χ4v) is 2.05. The van der Waals surface area contributed by atoms with Gasteiger partial charge in [0.2, 0.25) is 0 Å². The molecule has 0 bridgehead atoms. The second-order valence-corrected chi connectivity index (χ2v) is 5.10. The second kappa shape index (κ2) is 8.31. The van der Waals surface area contributed by atoms with Gasteiger partial charge in [-0.15, -0.1) is 0 Å². The maximum atomic E-state index is 12.2. The topological polar surface area (TPSA) is 91.2 Å². The van der Waals surface area contributed by atoms with E-state index in [1.54, 1.807) is 42.5 Å². The van der Waals surface area contributed by atoms with Gasteiger partial charge >= 0.3 is 0 Å². The summed E-state index contributed by atoms with van der Waals surface area (Å²) in [5.74, 6) is -0.0202. The van der Waals surface area contributed by atoms with Crippen molar-refractivity contribution in [1.29, 1.82) is 5.26 Å². The molecule has 2 aromatic carbocycles. The summed E-state index contributed by atoms with van der Waals surface area (Å²) in [5.41, 5.74) is 1.58. The molecule has 0 aliphatic heterocycles. The monoisotopic (exact) mass is 335 g/mol. The van der Waals surface area contributed by atoms with Crippen molar-refractivity contribution in [1.82, 2.24) is 0 Å². The van der Waals surface area contributed by atoms with Crippen LogP contribution in [0, 0.1) is 11.3 Å². The van der Waals surface area contributed by atoms with Gasteiger partial charge in [0.05, 0.1) is 12.8 Å². The number of hydrogen-bond acceptors (Lipinski definition) is 5. The number of para-hydroxylation sites is 2. The van der Waals surface area contributed by atoms with Gasteiger partial charge in [-0.1, -0.05) is 12.1 Å². The molecule has 1 amide bonds. The number of hydrogen-bond donors (Lipinski definition) is 2. The Morgan fingerprint density at radius 1 is 1.12 bits per heavy atom. The number of Topliss-reactive ketones (excluding diaryl/α,β-unsaturated/α-hetero) is 1. The molecular weight excluding hydrogens is 318 g/mol. The zero-order chi connectivity index (χ0) is 18.2. The van der Waals surface area contributed by atoms with E-state index in [1.807, 2.05) is 12.1 Å². The third-order valence-corrected chi connectivity index (χ3v) is 3.39. The average molecular weight is 335 g/mol. The summed E-state index contributed by atoms with van der Waals surface area (Å²) in [4.78, 5) is 23.4. The lowest BCUT2D eigenvalue weighted by atomic mass is 10.1. The highest BCUT2D eigenvalue weighted by Gasteiger charge is 2.10. The molecule has 2 N–H and O–H groups in total. The van der Waals surface area contributed by atoms with Gasteiger partial charge in [-0.25, -0.2) is 0 Å². The Morgan fingerprint density at radius 3 is 2.40 bits per heavy atom. The lowest BCUT2D eigenvalue weighted by Gasteiger charge is -2.08. The number of amides is 1. The summed E-state index contributed by atoms with van der Waals surface area (Å²) in [5, 5.41) is 14.7. The van der Waals surface area contributed by atoms with E-state index in [4.69, 9.17) is 4.74 Å². The number of carbonyl (C=O) groups excluding carboxylic acids is 2. The summed E-state index contributed by atoms with van der Waals surface area (Å²) >= 11 is 0. The van der Waals surface area contributed by atoms with Crippen LogP contribution < -0.4 is 15.4 Å². The minimum Gasteiger partial charge on any atom is -0.495 e. The van der Waals surface area contributed by atoms with E-state index < -0.39 is 5.91 Å². The SMILES string of the molecule is COc1ccccc1N/C=C(/C#N)C(=O)Nc1ccc(C(C)=O)cc1. The Kier molecular flexibility index (Phi) is 5.91. The number of ether oxygens (including phenoxy) is 1. The number of rotatable bonds is 6. The molecule has 6 heteroatoms. The third-order valence-electron chi connectivity index (χ3n) is 3.39. The van der Waals surface area contributed by atoms with E-state index in [0.29, 0.717) is 22.7 Å². The Balaban J connectivity index is 2.10. The van der Waals surface area contributed by atoms with Crippen LogP contribution in [-0.4, -0.2) is 18.8 Å². The summed E-state index contributed by atoms with van der Waals surface area (Å²) in [6, 6.07) is 15.4. The summed E-state index contributed by atoms with van der Waals surface area (Å²) in [7, 11) is 1.53. The van der Waals surface area contributed by atoms with Crippen LogP contribution >= 0.6 is 0 Å². The number of methoxy groups -OCH3 is 1. The molecule has 0 spiro atoms. The number of nitriles is 1. The molecule has 0 saturated carbocycles. The van der Waals surface area contributed by atoms with Gasteiger partial charge in [-0.3, -0.25) is 9.59 Å². The zero-order valence-corrected chi connectivity index (χ0v) is 13.9. The average Bonchev–Trinajstić information content (AvgIpc) is 2.63. The van der Waals surface area contributed by atoms with Crippen LogP contribution in [0.25, 0.3) is 0 Å². The second-order valence-electron chi connectivity index (χ2n) is 5.10. The molecule has 0 aliphatic rings. The standard InChI is InChI=1S/C19H17N3O3/c1-13(23)14-7-9-16(10-8-14)22-19(24)15(11-20)12-21-17-5-3-4-6-18(17)25-2/h3-10,12,21H,1-2H3,(H,22,24)/b15-12-. The van der Waals surface area contributed by atoms with Crippen LogP contribution in [0.1, 0.15) is 17.3 Å². The molecule has 6 nitrogen and oxygen atoms in total. The molecule has 126 valence electrons. The van der Waals surface area contributed by atoms with Crippen molar-refractivity contribution in [3.8, 4) is 11.8 Å². The van der Waals surface area contributed by atoms with E-state index in [-0.39, 0.29) is 11.4 Å². The quantitative estimate of drug-likeness (QED) is 0.480. The Labute approximate surface area is 145 Å². The fourth-order valence-electron chi connectivity index (χ4n) is 2.05. The van der Waals surface area contributed by atoms with Crippen molar-refractivity contribution in [2.45, 2.75) is 6.92 Å². The van der Waals surface area contributed by atoms with Gasteiger partial charge in [0, 0.05) is 17.5 Å². The fraction of sp³-hybridized carbons (Fsp3) is 0.105. The van der Waals surface area contributed by atoms with Crippen LogP contribution in [0.3, 0.4) is 0 Å². The highest BCUT2D eigenvalue weighted by molar-refractivity contribution is 6.07. The van der Waals surface area contributed by atoms with Gasteiger partial charge in [0.25, 0.3) is 5.91 Å². The number of anilines is 2. The zero-order valence-electron chi connectivity index (χ0n) is 13.9. The third kappa shape index (κ3) is 4.69. The first-order valence-electron chi connectivity index (χ1n) is 7.47. The number of carbonyl (C=O) groups is 2. The van der Waals surface area contributed by atoms with Crippen molar-refractivity contribution >= 4 is 23.1 Å². The highest BCUT2D eigenvalue weighted by atomic mass is 16.5. The Morgan fingerprint density at radius 2 is 1.80 bits per heavy atom. The first-order chi connectivity index (χ1) is 12.0. The van der Waals surface area contributed by atoms with E-state index in [0.717, 1.165) is 0 Å². The van der Waals surface area contributed by atoms with Crippen LogP contribution in [-0.2, 0) is 4.79 Å². The van der Waals surface area contributed by atoms with Gasteiger partial charge in [0.15, 0.2) is 5.78 Å². The molecule has 0 fully saturated rings. The first kappa shape index (κ1) is 17.8. The minimum atomic E-state index is -0.555. The maximum Gasteiger partial charge on any atom is 0.267 e.